The first-order valence-electron chi connectivity index (χ1n) is 8.59. The second-order valence-electron chi connectivity index (χ2n) is 6.22. The summed E-state index contributed by atoms with van der Waals surface area (Å²) in [4.78, 5) is 18.7. The number of rotatable bonds is 5. The second kappa shape index (κ2) is 7.63. The fraction of sp³-hybridized carbons (Fsp3) is 0.500. The quantitative estimate of drug-likeness (QED) is 0.831. The van der Waals surface area contributed by atoms with Gasteiger partial charge in [-0.2, -0.15) is 4.98 Å². The van der Waals surface area contributed by atoms with Gasteiger partial charge in [0.25, 0.3) is 5.91 Å². The monoisotopic (exact) mass is 347 g/mol. The number of benzene rings is 1. The third kappa shape index (κ3) is 3.97. The molecule has 1 unspecified atom stereocenters. The van der Waals surface area contributed by atoms with Gasteiger partial charge in [0.1, 0.15) is 0 Å². The molecule has 0 bridgehead atoms. The highest BCUT2D eigenvalue weighted by Crippen LogP contribution is 2.29. The topological polar surface area (TPSA) is 68.5 Å². The van der Waals surface area contributed by atoms with Crippen molar-refractivity contribution in [3.63, 3.8) is 0 Å². The molecule has 1 fully saturated rings. The number of halogens is 1. The van der Waals surface area contributed by atoms with E-state index in [1.54, 1.807) is 17.0 Å². The first kappa shape index (κ1) is 17.4. The number of ether oxygens (including phenoxy) is 1. The lowest BCUT2D eigenvalue weighted by Gasteiger charge is -2.33. The van der Waals surface area contributed by atoms with Crippen LogP contribution in [-0.2, 0) is 11.2 Å². The number of nitrogens with zero attached hydrogens (tertiary/aromatic N) is 3. The first-order valence-corrected chi connectivity index (χ1v) is 8.59. The molecule has 0 N–H and O–H groups in total. The van der Waals surface area contributed by atoms with Crippen LogP contribution in [0, 0.1) is 12.7 Å². The van der Waals surface area contributed by atoms with Crippen LogP contribution in [0.3, 0.4) is 0 Å². The van der Waals surface area contributed by atoms with E-state index in [4.69, 9.17) is 9.26 Å². The van der Waals surface area contributed by atoms with E-state index in [-0.39, 0.29) is 24.3 Å². The zero-order valence-electron chi connectivity index (χ0n) is 14.5. The Hall–Kier alpha value is -2.44. The summed E-state index contributed by atoms with van der Waals surface area (Å²) < 4.78 is 24.3. The summed E-state index contributed by atoms with van der Waals surface area (Å²) in [7, 11) is 0. The van der Waals surface area contributed by atoms with E-state index in [1.807, 2.05) is 13.8 Å². The second-order valence-corrected chi connectivity index (χ2v) is 6.22. The van der Waals surface area contributed by atoms with Gasteiger partial charge in [0.2, 0.25) is 5.89 Å². The van der Waals surface area contributed by atoms with E-state index in [2.05, 4.69) is 10.1 Å². The van der Waals surface area contributed by atoms with Crippen LogP contribution in [0.15, 0.2) is 22.7 Å². The van der Waals surface area contributed by atoms with Crippen molar-refractivity contribution in [3.05, 3.63) is 41.3 Å². The lowest BCUT2D eigenvalue weighted by atomic mass is 10.0. The number of likely N-dealkylation sites (tertiary alicyclic amines) is 1. The Morgan fingerprint density at radius 3 is 3.04 bits per heavy atom. The molecule has 1 amide bonds. The number of hydrogen-bond acceptors (Lipinski definition) is 5. The van der Waals surface area contributed by atoms with E-state index < -0.39 is 5.82 Å². The fourth-order valence-corrected chi connectivity index (χ4v) is 2.99. The van der Waals surface area contributed by atoms with Crippen molar-refractivity contribution < 1.29 is 18.4 Å². The molecule has 0 radical (unpaired) electrons. The minimum atomic E-state index is -0.473. The molecule has 134 valence electrons. The zero-order chi connectivity index (χ0) is 17.8. The molecule has 2 aromatic rings. The predicted molar refractivity (Wildman–Crippen MR) is 88.6 cm³/mol. The van der Waals surface area contributed by atoms with Gasteiger partial charge in [-0.3, -0.25) is 4.79 Å². The lowest BCUT2D eigenvalue weighted by Crippen LogP contribution is -2.41. The van der Waals surface area contributed by atoms with Gasteiger partial charge in [0, 0.05) is 13.0 Å². The van der Waals surface area contributed by atoms with Crippen molar-refractivity contribution in [2.45, 2.75) is 45.6 Å². The molecule has 1 atom stereocenters. The number of carbonyl (C=O) groups is 1. The van der Waals surface area contributed by atoms with Crippen LogP contribution < -0.4 is 4.74 Å². The van der Waals surface area contributed by atoms with E-state index in [9.17, 15) is 9.18 Å². The fourth-order valence-electron chi connectivity index (χ4n) is 2.99. The molecule has 1 aromatic carbocycles. The summed E-state index contributed by atoms with van der Waals surface area (Å²) in [6, 6.07) is 4.37. The van der Waals surface area contributed by atoms with Crippen molar-refractivity contribution in [3.8, 4) is 5.75 Å². The molecule has 2 heterocycles. The van der Waals surface area contributed by atoms with E-state index in [0.29, 0.717) is 24.7 Å². The van der Waals surface area contributed by atoms with Crippen molar-refractivity contribution in [1.29, 1.82) is 0 Å². The van der Waals surface area contributed by atoms with Crippen LogP contribution in [0.4, 0.5) is 4.39 Å². The van der Waals surface area contributed by atoms with Gasteiger partial charge in [0.05, 0.1) is 6.04 Å². The molecule has 1 saturated heterocycles. The maximum absolute atomic E-state index is 13.8. The predicted octanol–water partition coefficient (Wildman–Crippen LogP) is 3.21. The number of piperidine rings is 1. The van der Waals surface area contributed by atoms with Gasteiger partial charge < -0.3 is 14.2 Å². The summed E-state index contributed by atoms with van der Waals surface area (Å²) in [5, 5.41) is 4.01. The Bertz CT molecular complexity index is 747. The van der Waals surface area contributed by atoms with Gasteiger partial charge in [-0.15, -0.1) is 0 Å². The van der Waals surface area contributed by atoms with Gasteiger partial charge >= 0.3 is 0 Å². The van der Waals surface area contributed by atoms with Crippen molar-refractivity contribution >= 4 is 5.91 Å². The molecule has 3 rings (SSSR count). The SMILES string of the molecule is CCc1nc(C2CCCCN2C(=O)COc2cc(C)ccc2F)no1. The third-order valence-electron chi connectivity index (χ3n) is 4.35. The Morgan fingerprint density at radius 1 is 1.44 bits per heavy atom. The molecular formula is C18H22FN3O3. The smallest absolute Gasteiger partial charge is 0.261 e. The molecule has 6 nitrogen and oxygen atoms in total. The highest BCUT2D eigenvalue weighted by Gasteiger charge is 2.31. The van der Waals surface area contributed by atoms with Crippen molar-refractivity contribution in [1.82, 2.24) is 15.0 Å². The summed E-state index contributed by atoms with van der Waals surface area (Å²) in [6.07, 6.45) is 3.36. The van der Waals surface area contributed by atoms with Crippen LogP contribution in [0.2, 0.25) is 0 Å². The van der Waals surface area contributed by atoms with E-state index in [0.717, 1.165) is 24.8 Å². The zero-order valence-corrected chi connectivity index (χ0v) is 14.5. The minimum absolute atomic E-state index is 0.0924. The lowest BCUT2D eigenvalue weighted by molar-refractivity contribution is -0.137. The molecule has 25 heavy (non-hydrogen) atoms. The molecule has 1 aliphatic heterocycles. The first-order chi connectivity index (χ1) is 12.1. The van der Waals surface area contributed by atoms with Gasteiger partial charge in [-0.25, -0.2) is 4.39 Å². The summed E-state index contributed by atoms with van der Waals surface area (Å²) in [6.45, 7) is 4.18. The Kier molecular flexibility index (Phi) is 5.31. The van der Waals surface area contributed by atoms with Crippen LogP contribution in [-0.4, -0.2) is 34.1 Å². The van der Waals surface area contributed by atoms with Crippen LogP contribution in [0.25, 0.3) is 0 Å². The van der Waals surface area contributed by atoms with Gasteiger partial charge in [-0.1, -0.05) is 18.1 Å². The van der Waals surface area contributed by atoms with Crippen LogP contribution >= 0.6 is 0 Å². The molecule has 0 spiro atoms. The van der Waals surface area contributed by atoms with Gasteiger partial charge in [-0.05, 0) is 43.9 Å². The molecule has 7 heteroatoms. The maximum Gasteiger partial charge on any atom is 0.261 e. The number of hydrogen-bond donors (Lipinski definition) is 0. The number of aromatic nitrogens is 2. The minimum Gasteiger partial charge on any atom is -0.481 e. The molecule has 1 aromatic heterocycles. The number of amides is 1. The van der Waals surface area contributed by atoms with Crippen molar-refractivity contribution in [2.24, 2.45) is 0 Å². The Morgan fingerprint density at radius 2 is 2.28 bits per heavy atom. The molecule has 1 aliphatic rings. The highest BCUT2D eigenvalue weighted by atomic mass is 19.1. The van der Waals surface area contributed by atoms with Crippen molar-refractivity contribution in [2.75, 3.05) is 13.2 Å². The largest absolute Gasteiger partial charge is 0.481 e. The standard InChI is InChI=1S/C18H22FN3O3/c1-3-16-20-18(21-25-16)14-6-4-5-9-22(14)17(23)11-24-15-10-12(2)7-8-13(15)19/h7-8,10,14H,3-6,9,11H2,1-2H3. The Balaban J connectivity index is 1.69. The van der Waals surface area contributed by atoms with E-state index in [1.165, 1.54) is 6.07 Å². The van der Waals surface area contributed by atoms with Crippen LogP contribution in [0.1, 0.15) is 49.5 Å². The average molecular weight is 347 g/mol. The molecular weight excluding hydrogens is 325 g/mol. The maximum atomic E-state index is 13.8. The summed E-state index contributed by atoms with van der Waals surface area (Å²) in [5.41, 5.74) is 0.874. The van der Waals surface area contributed by atoms with E-state index >= 15 is 0 Å². The summed E-state index contributed by atoms with van der Waals surface area (Å²) >= 11 is 0. The number of aryl methyl sites for hydroxylation is 2. The Labute approximate surface area is 146 Å². The van der Waals surface area contributed by atoms with Gasteiger partial charge in [0.15, 0.2) is 24.0 Å². The average Bonchev–Trinajstić information content (AvgIpc) is 3.11. The normalized spacial score (nSPS) is 17.6. The van der Waals surface area contributed by atoms with Crippen LogP contribution in [0.5, 0.6) is 5.75 Å². The summed E-state index contributed by atoms with van der Waals surface area (Å²) in [5.74, 6) is 0.514. The third-order valence-corrected chi connectivity index (χ3v) is 4.35. The molecule has 0 aliphatic carbocycles. The highest BCUT2D eigenvalue weighted by molar-refractivity contribution is 5.78. The number of carbonyl (C=O) groups excluding carboxylic acids is 1. The molecule has 0 saturated carbocycles.